The number of nitrogens with one attached hydrogen (secondary N) is 4. The van der Waals surface area contributed by atoms with Crippen molar-refractivity contribution in [2.45, 2.75) is 13.0 Å². The van der Waals surface area contributed by atoms with E-state index in [4.69, 9.17) is 0 Å². The Labute approximate surface area is 152 Å². The van der Waals surface area contributed by atoms with Gasteiger partial charge in [0.15, 0.2) is 5.96 Å². The van der Waals surface area contributed by atoms with E-state index in [9.17, 15) is 0 Å². The molecule has 0 aliphatic heterocycles. The Morgan fingerprint density at radius 3 is 2.87 bits per heavy atom. The lowest BCUT2D eigenvalue weighted by atomic mass is 10.1. The summed E-state index contributed by atoms with van der Waals surface area (Å²) >= 11 is 0. The zero-order valence-electron chi connectivity index (χ0n) is 13.0. The van der Waals surface area contributed by atoms with Crippen molar-refractivity contribution in [1.29, 1.82) is 0 Å². The predicted octanol–water partition coefficient (Wildman–Crippen LogP) is 2.42. The molecule has 0 radical (unpaired) electrons. The Morgan fingerprint density at radius 1 is 1.22 bits per heavy atom. The fourth-order valence-electron chi connectivity index (χ4n) is 2.44. The topological polar surface area (TPSA) is 80.9 Å². The first-order chi connectivity index (χ1) is 10.9. The summed E-state index contributed by atoms with van der Waals surface area (Å²) in [6, 6.07) is 10.3. The summed E-state index contributed by atoms with van der Waals surface area (Å²) in [5.74, 6) is 0.787. The molecule has 1 aromatic carbocycles. The lowest BCUT2D eigenvalue weighted by Crippen LogP contribution is -2.37. The third-order valence-electron chi connectivity index (χ3n) is 3.59. The van der Waals surface area contributed by atoms with Crippen molar-refractivity contribution in [3.8, 4) is 0 Å². The van der Waals surface area contributed by atoms with Crippen LogP contribution in [0, 0.1) is 0 Å². The molecule has 0 atom stereocenters. The second-order valence-corrected chi connectivity index (χ2v) is 5.04. The molecule has 0 bridgehead atoms. The molecule has 0 aliphatic rings. The third-order valence-corrected chi connectivity index (χ3v) is 3.59. The van der Waals surface area contributed by atoms with Gasteiger partial charge in [0.25, 0.3) is 0 Å². The minimum atomic E-state index is 0. The third kappa shape index (κ3) is 4.47. The molecular weight excluding hydrogens is 403 g/mol. The highest BCUT2D eigenvalue weighted by Gasteiger charge is 2.03. The fraction of sp³-hybridized carbons (Fsp3) is 0.250. The van der Waals surface area contributed by atoms with Crippen molar-refractivity contribution in [3.05, 3.63) is 54.0 Å². The van der Waals surface area contributed by atoms with E-state index in [2.05, 4.69) is 55.2 Å². The number of aliphatic imine (C=N–C) groups is 1. The number of halogens is 1. The van der Waals surface area contributed by atoms with Gasteiger partial charge in [-0.1, -0.05) is 18.2 Å². The Hall–Kier alpha value is -2.03. The van der Waals surface area contributed by atoms with Gasteiger partial charge in [-0.25, -0.2) is 0 Å². The Kier molecular flexibility index (Phi) is 6.45. The standard InChI is InChI=1S/C16H20N6.HI/c1-17-16(20-11-13-7-9-21-22-13)18-8-6-12-10-19-15-5-3-2-4-14(12)15;/h2-5,7,9-10,19H,6,8,11H2,1H3,(H,21,22)(H2,17,18,20);1H. The number of benzene rings is 1. The number of aromatic amines is 2. The number of rotatable bonds is 5. The van der Waals surface area contributed by atoms with E-state index in [-0.39, 0.29) is 24.0 Å². The normalized spacial score (nSPS) is 11.3. The van der Waals surface area contributed by atoms with Crippen LogP contribution in [0.1, 0.15) is 11.3 Å². The number of para-hydroxylation sites is 1. The van der Waals surface area contributed by atoms with Crippen molar-refractivity contribution in [3.63, 3.8) is 0 Å². The Balaban J connectivity index is 0.00000192. The number of H-pyrrole nitrogens is 2. The summed E-state index contributed by atoms with van der Waals surface area (Å²) in [5, 5.41) is 14.7. The molecule has 3 aromatic rings. The van der Waals surface area contributed by atoms with Gasteiger partial charge in [0.05, 0.1) is 12.2 Å². The molecule has 4 N–H and O–H groups in total. The van der Waals surface area contributed by atoms with Crippen molar-refractivity contribution < 1.29 is 0 Å². The van der Waals surface area contributed by atoms with Crippen molar-refractivity contribution >= 4 is 40.8 Å². The highest BCUT2D eigenvalue weighted by Crippen LogP contribution is 2.17. The summed E-state index contributed by atoms with van der Waals surface area (Å²) in [5.41, 5.74) is 3.52. The van der Waals surface area contributed by atoms with E-state index < -0.39 is 0 Å². The first-order valence-electron chi connectivity index (χ1n) is 7.34. The van der Waals surface area contributed by atoms with E-state index in [0.717, 1.165) is 24.6 Å². The molecule has 0 spiro atoms. The predicted molar refractivity (Wildman–Crippen MR) is 104 cm³/mol. The van der Waals surface area contributed by atoms with Gasteiger partial charge in [0.2, 0.25) is 0 Å². The van der Waals surface area contributed by atoms with Gasteiger partial charge in [-0.3, -0.25) is 10.1 Å². The highest BCUT2D eigenvalue weighted by atomic mass is 127. The maximum Gasteiger partial charge on any atom is 0.191 e. The average molecular weight is 424 g/mol. The van der Waals surface area contributed by atoms with Gasteiger partial charge in [0, 0.05) is 36.9 Å². The van der Waals surface area contributed by atoms with E-state index in [1.807, 2.05) is 12.1 Å². The number of hydrogen-bond donors (Lipinski definition) is 4. The van der Waals surface area contributed by atoms with Gasteiger partial charge in [-0.15, -0.1) is 24.0 Å². The van der Waals surface area contributed by atoms with Crippen LogP contribution in [0.25, 0.3) is 10.9 Å². The molecule has 23 heavy (non-hydrogen) atoms. The largest absolute Gasteiger partial charge is 0.361 e. The van der Waals surface area contributed by atoms with Crippen LogP contribution in [0.3, 0.4) is 0 Å². The summed E-state index contributed by atoms with van der Waals surface area (Å²) < 4.78 is 0. The lowest BCUT2D eigenvalue weighted by Gasteiger charge is -2.10. The van der Waals surface area contributed by atoms with Crippen LogP contribution in [0.2, 0.25) is 0 Å². The van der Waals surface area contributed by atoms with Crippen LogP contribution in [0.4, 0.5) is 0 Å². The second-order valence-electron chi connectivity index (χ2n) is 5.04. The molecule has 0 saturated carbocycles. The molecule has 7 heteroatoms. The van der Waals surface area contributed by atoms with Crippen LogP contribution < -0.4 is 10.6 Å². The molecule has 0 amide bonds. The van der Waals surface area contributed by atoms with E-state index in [0.29, 0.717) is 6.54 Å². The first-order valence-corrected chi connectivity index (χ1v) is 7.34. The smallest absolute Gasteiger partial charge is 0.191 e. The van der Waals surface area contributed by atoms with Gasteiger partial charge >= 0.3 is 0 Å². The van der Waals surface area contributed by atoms with Gasteiger partial charge in [-0.05, 0) is 24.1 Å². The van der Waals surface area contributed by atoms with Gasteiger partial charge in [0.1, 0.15) is 0 Å². The van der Waals surface area contributed by atoms with E-state index >= 15 is 0 Å². The van der Waals surface area contributed by atoms with Crippen LogP contribution in [-0.4, -0.2) is 34.7 Å². The quantitative estimate of drug-likeness (QED) is 0.289. The van der Waals surface area contributed by atoms with Gasteiger partial charge in [-0.2, -0.15) is 5.10 Å². The summed E-state index contributed by atoms with van der Waals surface area (Å²) in [6.45, 7) is 1.50. The van der Waals surface area contributed by atoms with Crippen molar-refractivity contribution in [1.82, 2.24) is 25.8 Å². The fourth-order valence-corrected chi connectivity index (χ4v) is 2.44. The molecule has 0 fully saturated rings. The van der Waals surface area contributed by atoms with Crippen LogP contribution in [-0.2, 0) is 13.0 Å². The maximum absolute atomic E-state index is 4.22. The molecule has 6 nitrogen and oxygen atoms in total. The zero-order chi connectivity index (χ0) is 15.2. The lowest BCUT2D eigenvalue weighted by molar-refractivity contribution is 0.781. The summed E-state index contributed by atoms with van der Waals surface area (Å²) in [7, 11) is 1.77. The minimum absolute atomic E-state index is 0. The Morgan fingerprint density at radius 2 is 2.09 bits per heavy atom. The minimum Gasteiger partial charge on any atom is -0.361 e. The molecule has 3 rings (SSSR count). The van der Waals surface area contributed by atoms with Crippen LogP contribution in [0.15, 0.2) is 47.7 Å². The second kappa shape index (κ2) is 8.56. The zero-order valence-corrected chi connectivity index (χ0v) is 15.3. The molecule has 122 valence electrons. The van der Waals surface area contributed by atoms with Crippen LogP contribution >= 0.6 is 24.0 Å². The molecule has 0 aliphatic carbocycles. The number of aromatic nitrogens is 3. The molecule has 2 aromatic heterocycles. The first kappa shape index (κ1) is 17.3. The summed E-state index contributed by atoms with van der Waals surface area (Å²) in [4.78, 5) is 7.52. The SMILES string of the molecule is CN=C(NCCc1c[nH]c2ccccc12)NCc1ccn[nH]1.I. The number of hydrogen-bond acceptors (Lipinski definition) is 2. The molecule has 0 saturated heterocycles. The number of guanidine groups is 1. The van der Waals surface area contributed by atoms with Crippen LogP contribution in [0.5, 0.6) is 0 Å². The summed E-state index contributed by atoms with van der Waals surface area (Å²) in [6.07, 6.45) is 4.76. The number of fused-ring (bicyclic) bond motifs is 1. The monoisotopic (exact) mass is 424 g/mol. The molecular formula is C16H21IN6. The van der Waals surface area contributed by atoms with Crippen molar-refractivity contribution in [2.75, 3.05) is 13.6 Å². The van der Waals surface area contributed by atoms with Crippen molar-refractivity contribution in [2.24, 2.45) is 4.99 Å². The number of nitrogens with zero attached hydrogens (tertiary/aromatic N) is 2. The average Bonchev–Trinajstić information content (AvgIpc) is 3.20. The van der Waals surface area contributed by atoms with E-state index in [1.165, 1.54) is 16.5 Å². The molecule has 2 heterocycles. The van der Waals surface area contributed by atoms with Gasteiger partial charge < -0.3 is 15.6 Å². The molecule has 0 unspecified atom stereocenters. The van der Waals surface area contributed by atoms with E-state index in [1.54, 1.807) is 13.2 Å². The highest BCUT2D eigenvalue weighted by molar-refractivity contribution is 14.0. The maximum atomic E-state index is 4.22. The Bertz CT molecular complexity index is 747.